The highest BCUT2D eigenvalue weighted by Gasteiger charge is 2.29. The minimum atomic E-state index is -0.420. The van der Waals surface area contributed by atoms with Gasteiger partial charge in [0, 0.05) is 25.6 Å². The quantitative estimate of drug-likeness (QED) is 0.549. The molecular formula is C15H27NO3. The Labute approximate surface area is 116 Å². The van der Waals surface area contributed by atoms with Crippen LogP contribution in [0.1, 0.15) is 40.0 Å². The van der Waals surface area contributed by atoms with E-state index in [1.54, 1.807) is 4.90 Å². The van der Waals surface area contributed by atoms with Gasteiger partial charge in [0.1, 0.15) is 5.60 Å². The zero-order chi connectivity index (χ0) is 14.3. The van der Waals surface area contributed by atoms with E-state index < -0.39 is 5.60 Å². The van der Waals surface area contributed by atoms with Crippen LogP contribution in [0.25, 0.3) is 0 Å². The third-order valence-electron chi connectivity index (χ3n) is 2.99. The molecule has 4 heteroatoms. The minimum absolute atomic E-state index is 0.207. The Balaban J connectivity index is 2.18. The summed E-state index contributed by atoms with van der Waals surface area (Å²) in [6.45, 7) is 12.4. The topological polar surface area (TPSA) is 38.8 Å². The lowest BCUT2D eigenvalue weighted by Gasteiger charge is -2.24. The first-order valence-corrected chi connectivity index (χ1v) is 7.09. The molecule has 1 aliphatic rings. The molecule has 0 aromatic carbocycles. The summed E-state index contributed by atoms with van der Waals surface area (Å²) in [4.78, 5) is 13.7. The van der Waals surface area contributed by atoms with Crippen LogP contribution in [0.3, 0.4) is 0 Å². The number of unbranched alkanes of at least 4 members (excludes halogenated alkanes) is 1. The molecule has 1 atom stereocenters. The van der Waals surface area contributed by atoms with Crippen LogP contribution in [0.4, 0.5) is 4.79 Å². The fourth-order valence-electron chi connectivity index (χ4n) is 2.04. The fourth-order valence-corrected chi connectivity index (χ4v) is 2.04. The molecule has 1 amide bonds. The van der Waals surface area contributed by atoms with Gasteiger partial charge in [0.05, 0.1) is 6.61 Å². The van der Waals surface area contributed by atoms with Crippen LogP contribution < -0.4 is 0 Å². The number of hydrogen-bond donors (Lipinski definition) is 0. The van der Waals surface area contributed by atoms with Crippen LogP contribution in [0.15, 0.2) is 12.7 Å². The molecule has 0 aromatic rings. The first kappa shape index (κ1) is 16.0. The molecule has 110 valence electrons. The molecule has 1 aliphatic heterocycles. The summed E-state index contributed by atoms with van der Waals surface area (Å²) in [7, 11) is 0. The number of rotatable bonds is 6. The number of hydrogen-bond acceptors (Lipinski definition) is 3. The molecule has 19 heavy (non-hydrogen) atoms. The lowest BCUT2D eigenvalue weighted by molar-refractivity contribution is 0.0274. The summed E-state index contributed by atoms with van der Waals surface area (Å²) < 4.78 is 11.0. The summed E-state index contributed by atoms with van der Waals surface area (Å²) in [5.74, 6) is 0.441. The van der Waals surface area contributed by atoms with Crippen molar-refractivity contribution < 1.29 is 14.3 Å². The Morgan fingerprint density at radius 2 is 2.21 bits per heavy atom. The summed E-state index contributed by atoms with van der Waals surface area (Å²) in [5.41, 5.74) is -0.420. The molecule has 0 spiro atoms. The Morgan fingerprint density at radius 3 is 2.84 bits per heavy atom. The van der Waals surface area contributed by atoms with Gasteiger partial charge in [-0.05, 0) is 40.0 Å². The van der Waals surface area contributed by atoms with E-state index in [-0.39, 0.29) is 6.09 Å². The summed E-state index contributed by atoms with van der Waals surface area (Å²) >= 11 is 0. The SMILES string of the molecule is C=CCCCOCC1CCN(C(=O)OC(C)(C)C)C1. The van der Waals surface area contributed by atoms with Crippen molar-refractivity contribution in [3.63, 3.8) is 0 Å². The third kappa shape index (κ3) is 6.62. The van der Waals surface area contributed by atoms with Crippen molar-refractivity contribution in [2.45, 2.75) is 45.6 Å². The predicted molar refractivity (Wildman–Crippen MR) is 76.2 cm³/mol. The summed E-state index contributed by atoms with van der Waals surface area (Å²) in [6.07, 6.45) is 4.71. The smallest absolute Gasteiger partial charge is 0.410 e. The van der Waals surface area contributed by atoms with Crippen LogP contribution in [-0.2, 0) is 9.47 Å². The number of allylic oxidation sites excluding steroid dienone is 1. The molecule has 0 aromatic heterocycles. The van der Waals surface area contributed by atoms with Crippen molar-refractivity contribution in [1.29, 1.82) is 0 Å². The molecule has 0 N–H and O–H groups in total. The van der Waals surface area contributed by atoms with Crippen molar-refractivity contribution in [2.24, 2.45) is 5.92 Å². The number of carbonyl (C=O) groups excluding carboxylic acids is 1. The second kappa shape index (κ2) is 7.53. The lowest BCUT2D eigenvalue weighted by atomic mass is 10.1. The predicted octanol–water partition coefficient (Wildman–Crippen LogP) is 3.23. The Kier molecular flexibility index (Phi) is 6.35. The van der Waals surface area contributed by atoms with E-state index >= 15 is 0 Å². The van der Waals surface area contributed by atoms with Crippen molar-refractivity contribution >= 4 is 6.09 Å². The van der Waals surface area contributed by atoms with E-state index in [9.17, 15) is 4.79 Å². The van der Waals surface area contributed by atoms with Crippen molar-refractivity contribution in [3.8, 4) is 0 Å². The maximum Gasteiger partial charge on any atom is 0.410 e. The van der Waals surface area contributed by atoms with Crippen LogP contribution >= 0.6 is 0 Å². The molecule has 0 saturated carbocycles. The molecule has 1 unspecified atom stereocenters. The highest BCUT2D eigenvalue weighted by atomic mass is 16.6. The number of nitrogens with zero attached hydrogens (tertiary/aromatic N) is 1. The average molecular weight is 269 g/mol. The lowest BCUT2D eigenvalue weighted by Crippen LogP contribution is -2.35. The fraction of sp³-hybridized carbons (Fsp3) is 0.800. The maximum atomic E-state index is 11.9. The maximum absolute atomic E-state index is 11.9. The third-order valence-corrected chi connectivity index (χ3v) is 2.99. The molecule has 1 rings (SSSR count). The van der Waals surface area contributed by atoms with Gasteiger partial charge in [0.15, 0.2) is 0 Å². The number of ether oxygens (including phenoxy) is 2. The summed E-state index contributed by atoms with van der Waals surface area (Å²) in [5, 5.41) is 0. The van der Waals surface area contributed by atoms with Gasteiger partial charge in [-0.1, -0.05) is 6.08 Å². The van der Waals surface area contributed by atoms with Crippen molar-refractivity contribution in [2.75, 3.05) is 26.3 Å². The van der Waals surface area contributed by atoms with Gasteiger partial charge >= 0.3 is 6.09 Å². The van der Waals surface area contributed by atoms with Crippen LogP contribution in [0.5, 0.6) is 0 Å². The van der Waals surface area contributed by atoms with E-state index in [0.717, 1.165) is 45.6 Å². The molecule has 1 heterocycles. The molecule has 1 saturated heterocycles. The second-order valence-corrected chi connectivity index (χ2v) is 6.09. The van der Waals surface area contributed by atoms with E-state index in [1.165, 1.54) is 0 Å². The van der Waals surface area contributed by atoms with Crippen molar-refractivity contribution in [1.82, 2.24) is 4.90 Å². The van der Waals surface area contributed by atoms with Gasteiger partial charge in [-0.3, -0.25) is 0 Å². The van der Waals surface area contributed by atoms with Crippen LogP contribution in [0.2, 0.25) is 0 Å². The first-order chi connectivity index (χ1) is 8.92. The number of carbonyl (C=O) groups is 1. The monoisotopic (exact) mass is 269 g/mol. The Hall–Kier alpha value is -1.03. The van der Waals surface area contributed by atoms with Gasteiger partial charge in [-0.25, -0.2) is 4.79 Å². The number of amides is 1. The Bertz CT molecular complexity index is 296. The molecule has 4 nitrogen and oxygen atoms in total. The van der Waals surface area contributed by atoms with Gasteiger partial charge < -0.3 is 14.4 Å². The van der Waals surface area contributed by atoms with E-state index in [1.807, 2.05) is 26.8 Å². The van der Waals surface area contributed by atoms with E-state index in [4.69, 9.17) is 9.47 Å². The zero-order valence-corrected chi connectivity index (χ0v) is 12.5. The van der Waals surface area contributed by atoms with Gasteiger partial charge in [-0.15, -0.1) is 6.58 Å². The summed E-state index contributed by atoms with van der Waals surface area (Å²) in [6, 6.07) is 0. The molecule has 1 fully saturated rings. The van der Waals surface area contributed by atoms with E-state index in [0.29, 0.717) is 5.92 Å². The molecule has 0 radical (unpaired) electrons. The van der Waals surface area contributed by atoms with Gasteiger partial charge in [0.25, 0.3) is 0 Å². The standard InChI is InChI=1S/C15H27NO3/c1-5-6-7-10-18-12-13-8-9-16(11-13)14(17)19-15(2,3)4/h5,13H,1,6-12H2,2-4H3. The van der Waals surface area contributed by atoms with Gasteiger partial charge in [-0.2, -0.15) is 0 Å². The number of likely N-dealkylation sites (tertiary alicyclic amines) is 1. The zero-order valence-electron chi connectivity index (χ0n) is 12.5. The van der Waals surface area contributed by atoms with Crippen LogP contribution in [-0.4, -0.2) is 42.9 Å². The average Bonchev–Trinajstić information content (AvgIpc) is 2.75. The highest BCUT2D eigenvalue weighted by molar-refractivity contribution is 5.68. The molecule has 0 aliphatic carbocycles. The minimum Gasteiger partial charge on any atom is -0.444 e. The Morgan fingerprint density at radius 1 is 1.47 bits per heavy atom. The largest absolute Gasteiger partial charge is 0.444 e. The second-order valence-electron chi connectivity index (χ2n) is 6.09. The van der Waals surface area contributed by atoms with Crippen molar-refractivity contribution in [3.05, 3.63) is 12.7 Å². The first-order valence-electron chi connectivity index (χ1n) is 7.09. The van der Waals surface area contributed by atoms with Gasteiger partial charge in [0.2, 0.25) is 0 Å². The molecule has 0 bridgehead atoms. The van der Waals surface area contributed by atoms with E-state index in [2.05, 4.69) is 6.58 Å². The van der Waals surface area contributed by atoms with Crippen LogP contribution in [0, 0.1) is 5.92 Å². The highest BCUT2D eigenvalue weighted by Crippen LogP contribution is 2.19. The molecular weight excluding hydrogens is 242 g/mol. The normalized spacial score (nSPS) is 19.5.